The van der Waals surface area contributed by atoms with Crippen LogP contribution in [0.25, 0.3) is 0 Å². The summed E-state index contributed by atoms with van der Waals surface area (Å²) in [7, 11) is 0. The van der Waals surface area contributed by atoms with Crippen molar-refractivity contribution in [3.8, 4) is 6.07 Å². The number of hydrogen-bond donors (Lipinski definition) is 0. The first kappa shape index (κ1) is 9.02. The Morgan fingerprint density at radius 1 is 1.23 bits per heavy atom. The van der Waals surface area contributed by atoms with Gasteiger partial charge in [0.25, 0.3) is 0 Å². The highest BCUT2D eigenvalue weighted by atomic mass is 16.5. The summed E-state index contributed by atoms with van der Waals surface area (Å²) in [6, 6.07) is 2.52. The van der Waals surface area contributed by atoms with Gasteiger partial charge in [-0.1, -0.05) is 20.8 Å². The predicted molar refractivity (Wildman–Crippen MR) is 50.0 cm³/mol. The molecule has 0 aromatic rings. The van der Waals surface area contributed by atoms with Crippen molar-refractivity contribution in [3.63, 3.8) is 0 Å². The average molecular weight is 179 g/mol. The molecule has 1 saturated heterocycles. The fourth-order valence-electron chi connectivity index (χ4n) is 2.56. The summed E-state index contributed by atoms with van der Waals surface area (Å²) in [5.74, 6) is 0. The molecule has 2 fully saturated rings. The van der Waals surface area contributed by atoms with Crippen molar-refractivity contribution < 1.29 is 4.74 Å². The summed E-state index contributed by atoms with van der Waals surface area (Å²) in [6.07, 6.45) is 2.15. The van der Waals surface area contributed by atoms with Gasteiger partial charge in [0.1, 0.15) is 0 Å². The molecule has 2 nitrogen and oxygen atoms in total. The first-order valence-electron chi connectivity index (χ1n) is 4.97. The van der Waals surface area contributed by atoms with Gasteiger partial charge in [0.15, 0.2) is 0 Å². The van der Waals surface area contributed by atoms with Crippen LogP contribution in [0.15, 0.2) is 0 Å². The van der Waals surface area contributed by atoms with Gasteiger partial charge < -0.3 is 4.74 Å². The van der Waals surface area contributed by atoms with Crippen molar-refractivity contribution in [1.82, 2.24) is 0 Å². The molecule has 2 rings (SSSR count). The van der Waals surface area contributed by atoms with E-state index in [4.69, 9.17) is 4.74 Å². The Morgan fingerprint density at radius 3 is 1.85 bits per heavy atom. The summed E-state index contributed by atoms with van der Waals surface area (Å²) in [4.78, 5) is 0. The van der Waals surface area contributed by atoms with E-state index in [1.165, 1.54) is 0 Å². The molecule has 2 heteroatoms. The van der Waals surface area contributed by atoms with Gasteiger partial charge in [0.05, 0.1) is 24.7 Å². The first-order chi connectivity index (χ1) is 5.97. The predicted octanol–water partition coefficient (Wildman–Crippen LogP) is 2.35. The molecular weight excluding hydrogens is 162 g/mol. The van der Waals surface area contributed by atoms with Crippen LogP contribution in [-0.2, 0) is 4.74 Å². The highest BCUT2D eigenvalue weighted by molar-refractivity contribution is 5.23. The number of ether oxygens (including phenoxy) is 1. The molecule has 0 atom stereocenters. The van der Waals surface area contributed by atoms with Crippen molar-refractivity contribution in [2.45, 2.75) is 33.6 Å². The third-order valence-electron chi connectivity index (χ3n) is 4.01. The molecule has 0 aromatic heterocycles. The quantitative estimate of drug-likeness (QED) is 0.619. The molecule has 1 aliphatic carbocycles. The third-order valence-corrected chi connectivity index (χ3v) is 4.01. The summed E-state index contributed by atoms with van der Waals surface area (Å²) in [5, 5.41) is 9.21. The zero-order valence-corrected chi connectivity index (χ0v) is 8.68. The summed E-state index contributed by atoms with van der Waals surface area (Å²) >= 11 is 0. The standard InChI is InChI=1S/C11H17NO/c1-9(2,3)11(7-13-8-11)10(6-12)4-5-10/h4-5,7-8H2,1-3H3. The Bertz CT molecular complexity index is 261. The Kier molecular flexibility index (Phi) is 1.58. The largest absolute Gasteiger partial charge is 0.380 e. The van der Waals surface area contributed by atoms with Crippen LogP contribution in [0.3, 0.4) is 0 Å². The molecule has 13 heavy (non-hydrogen) atoms. The topological polar surface area (TPSA) is 33.0 Å². The average Bonchev–Trinajstić information content (AvgIpc) is 2.63. The van der Waals surface area contributed by atoms with Gasteiger partial charge in [-0.3, -0.25) is 0 Å². The molecule has 72 valence electrons. The summed E-state index contributed by atoms with van der Waals surface area (Å²) in [5.41, 5.74) is 0.274. The minimum Gasteiger partial charge on any atom is -0.380 e. The lowest BCUT2D eigenvalue weighted by Crippen LogP contribution is -2.57. The van der Waals surface area contributed by atoms with Crippen LogP contribution in [0.2, 0.25) is 0 Å². The van der Waals surface area contributed by atoms with Crippen LogP contribution in [-0.4, -0.2) is 13.2 Å². The van der Waals surface area contributed by atoms with Crippen molar-refractivity contribution >= 4 is 0 Å². The Balaban J connectivity index is 2.32. The van der Waals surface area contributed by atoms with E-state index in [9.17, 15) is 5.26 Å². The first-order valence-corrected chi connectivity index (χ1v) is 4.97. The van der Waals surface area contributed by atoms with E-state index < -0.39 is 0 Å². The molecule has 1 saturated carbocycles. The van der Waals surface area contributed by atoms with Gasteiger partial charge >= 0.3 is 0 Å². The van der Waals surface area contributed by atoms with Crippen molar-refractivity contribution in [3.05, 3.63) is 0 Å². The van der Waals surface area contributed by atoms with E-state index in [1.54, 1.807) is 0 Å². The molecule has 0 aromatic carbocycles. The minimum atomic E-state index is -0.0521. The maximum atomic E-state index is 9.21. The van der Waals surface area contributed by atoms with Gasteiger partial charge in [-0.15, -0.1) is 0 Å². The lowest BCUT2D eigenvalue weighted by Gasteiger charge is -2.54. The highest BCUT2D eigenvalue weighted by Crippen LogP contribution is 2.67. The smallest absolute Gasteiger partial charge is 0.0697 e. The van der Waals surface area contributed by atoms with E-state index in [2.05, 4.69) is 26.8 Å². The molecule has 0 N–H and O–H groups in total. The molecule has 1 heterocycles. The van der Waals surface area contributed by atoms with Gasteiger partial charge in [0, 0.05) is 5.41 Å². The maximum Gasteiger partial charge on any atom is 0.0697 e. The number of nitrogens with zero attached hydrogens (tertiary/aromatic N) is 1. The number of rotatable bonds is 1. The van der Waals surface area contributed by atoms with Gasteiger partial charge in [-0.2, -0.15) is 5.26 Å². The second-order valence-corrected chi connectivity index (χ2v) is 5.52. The highest BCUT2D eigenvalue weighted by Gasteiger charge is 2.67. The molecule has 0 spiro atoms. The monoisotopic (exact) mass is 179 g/mol. The molecule has 0 radical (unpaired) electrons. The van der Waals surface area contributed by atoms with E-state index >= 15 is 0 Å². The van der Waals surface area contributed by atoms with E-state index in [-0.39, 0.29) is 16.2 Å². The van der Waals surface area contributed by atoms with Crippen LogP contribution < -0.4 is 0 Å². The lowest BCUT2D eigenvalue weighted by molar-refractivity contribution is -0.199. The second kappa shape index (κ2) is 2.27. The van der Waals surface area contributed by atoms with Crippen LogP contribution in [0.5, 0.6) is 0 Å². The summed E-state index contributed by atoms with van der Waals surface area (Å²) < 4.78 is 5.34. The fourth-order valence-corrected chi connectivity index (χ4v) is 2.56. The van der Waals surface area contributed by atoms with Gasteiger partial charge in [-0.05, 0) is 18.3 Å². The Labute approximate surface area is 79.9 Å². The van der Waals surface area contributed by atoms with Crippen molar-refractivity contribution in [2.75, 3.05) is 13.2 Å². The second-order valence-electron chi connectivity index (χ2n) is 5.52. The van der Waals surface area contributed by atoms with E-state index in [1.807, 2.05) is 0 Å². The molecule has 0 amide bonds. The molecule has 1 aliphatic heterocycles. The lowest BCUT2D eigenvalue weighted by atomic mass is 9.57. The van der Waals surface area contributed by atoms with Crippen LogP contribution in [0.1, 0.15) is 33.6 Å². The normalized spacial score (nSPS) is 28.8. The Morgan fingerprint density at radius 2 is 1.77 bits per heavy atom. The Hall–Kier alpha value is -0.550. The van der Waals surface area contributed by atoms with E-state index in [0.717, 1.165) is 26.1 Å². The maximum absolute atomic E-state index is 9.21. The number of hydrogen-bond acceptors (Lipinski definition) is 2. The fraction of sp³-hybridized carbons (Fsp3) is 0.909. The van der Waals surface area contributed by atoms with Crippen LogP contribution in [0, 0.1) is 27.6 Å². The molecule has 0 unspecified atom stereocenters. The SMILES string of the molecule is CC(C)(C)C1(C2(C#N)CC2)COC1. The number of nitriles is 1. The minimum absolute atomic E-state index is 0.0521. The van der Waals surface area contributed by atoms with Gasteiger partial charge in [0.2, 0.25) is 0 Å². The zero-order chi connectivity index (χ0) is 9.74. The van der Waals surface area contributed by atoms with Crippen molar-refractivity contribution in [2.24, 2.45) is 16.2 Å². The van der Waals surface area contributed by atoms with Crippen molar-refractivity contribution in [1.29, 1.82) is 5.26 Å². The summed E-state index contributed by atoms with van der Waals surface area (Å²) in [6.45, 7) is 8.25. The van der Waals surface area contributed by atoms with Crippen LogP contribution in [0.4, 0.5) is 0 Å². The molecule has 2 aliphatic rings. The third kappa shape index (κ3) is 0.914. The van der Waals surface area contributed by atoms with Gasteiger partial charge in [-0.25, -0.2) is 0 Å². The van der Waals surface area contributed by atoms with E-state index in [0.29, 0.717) is 0 Å². The molecule has 0 bridgehead atoms. The zero-order valence-electron chi connectivity index (χ0n) is 8.68. The van der Waals surface area contributed by atoms with Crippen LogP contribution >= 0.6 is 0 Å². The molecular formula is C11H17NO.